The first-order valence-electron chi connectivity index (χ1n) is 5.73. The van der Waals surface area contributed by atoms with Crippen molar-refractivity contribution >= 4 is 23.2 Å². The first-order valence-corrected chi connectivity index (χ1v) is 6.49. The number of hydrogen-bond acceptors (Lipinski definition) is 3. The molecule has 7 heteroatoms. The Labute approximate surface area is 124 Å². The number of nitrogens with one attached hydrogen (secondary N) is 1. The quantitative estimate of drug-likeness (QED) is 0.864. The highest BCUT2D eigenvalue weighted by Crippen LogP contribution is 2.18. The molecule has 0 atom stereocenters. The fourth-order valence-electron chi connectivity index (χ4n) is 1.86. The predicted octanol–water partition coefficient (Wildman–Crippen LogP) is 2.27. The van der Waals surface area contributed by atoms with Gasteiger partial charge in [-0.05, 0) is 24.6 Å². The molecule has 2 rings (SSSR count). The van der Waals surface area contributed by atoms with Gasteiger partial charge in [0.25, 0.3) is 5.56 Å². The van der Waals surface area contributed by atoms with Crippen LogP contribution in [0.4, 0.5) is 0 Å². The summed E-state index contributed by atoms with van der Waals surface area (Å²) in [6, 6.07) is 6.28. The van der Waals surface area contributed by atoms with Crippen molar-refractivity contribution < 1.29 is 0 Å². The maximum Gasteiger partial charge on any atom is 0.334 e. The van der Waals surface area contributed by atoms with Crippen molar-refractivity contribution in [3.63, 3.8) is 0 Å². The molecule has 1 N–H and O–H groups in total. The fraction of sp³-hybridized carbons (Fsp3) is 0.154. The van der Waals surface area contributed by atoms with Crippen LogP contribution in [0.1, 0.15) is 18.1 Å². The number of halogens is 2. The summed E-state index contributed by atoms with van der Waals surface area (Å²) in [5.74, 6) is 0. The Bertz CT molecular complexity index is 831. The lowest BCUT2D eigenvalue weighted by Gasteiger charge is -2.09. The minimum Gasteiger partial charge on any atom is -0.297 e. The highest BCUT2D eigenvalue weighted by atomic mass is 35.5. The van der Waals surface area contributed by atoms with Crippen LogP contribution in [0.3, 0.4) is 0 Å². The summed E-state index contributed by atoms with van der Waals surface area (Å²) in [5, 5.41) is 9.42. The maximum absolute atomic E-state index is 12.3. The third-order valence-corrected chi connectivity index (χ3v) is 3.38. The van der Waals surface area contributed by atoms with E-state index in [1.165, 1.54) is 18.2 Å². The lowest BCUT2D eigenvalue weighted by atomic mass is 10.2. The van der Waals surface area contributed by atoms with Gasteiger partial charge in [-0.2, -0.15) is 5.26 Å². The molecule has 5 nitrogen and oxygen atoms in total. The van der Waals surface area contributed by atoms with Crippen molar-refractivity contribution in [1.29, 1.82) is 5.26 Å². The molecule has 2 aromatic rings. The summed E-state index contributed by atoms with van der Waals surface area (Å²) >= 11 is 11.7. The van der Waals surface area contributed by atoms with E-state index in [9.17, 15) is 9.59 Å². The molecule has 1 aromatic heterocycles. The minimum atomic E-state index is -0.712. The van der Waals surface area contributed by atoms with E-state index in [2.05, 4.69) is 4.98 Å². The molecular weight excluding hydrogens is 301 g/mol. The zero-order valence-electron chi connectivity index (χ0n) is 10.4. The van der Waals surface area contributed by atoms with Crippen LogP contribution in [0, 0.1) is 11.3 Å². The van der Waals surface area contributed by atoms with Crippen LogP contribution in [0.5, 0.6) is 0 Å². The van der Waals surface area contributed by atoms with E-state index in [0.717, 1.165) is 4.57 Å². The lowest BCUT2D eigenvalue weighted by Crippen LogP contribution is -2.36. The molecule has 20 heavy (non-hydrogen) atoms. The highest BCUT2D eigenvalue weighted by Gasteiger charge is 2.15. The van der Waals surface area contributed by atoms with Gasteiger partial charge in [0, 0.05) is 5.02 Å². The van der Waals surface area contributed by atoms with Gasteiger partial charge in [0.05, 0.1) is 16.8 Å². The first kappa shape index (κ1) is 14.4. The molecule has 0 aliphatic rings. The molecule has 0 bridgehead atoms. The second-order valence-electron chi connectivity index (χ2n) is 3.99. The average molecular weight is 310 g/mol. The number of aromatic amines is 1. The first-order chi connectivity index (χ1) is 9.49. The van der Waals surface area contributed by atoms with Crippen molar-refractivity contribution in [1.82, 2.24) is 9.55 Å². The van der Waals surface area contributed by atoms with E-state index in [-0.39, 0.29) is 22.0 Å². The second-order valence-corrected chi connectivity index (χ2v) is 4.80. The average Bonchev–Trinajstić information content (AvgIpc) is 2.39. The van der Waals surface area contributed by atoms with Crippen LogP contribution in [-0.4, -0.2) is 9.55 Å². The number of H-pyrrole nitrogens is 1. The molecule has 102 valence electrons. The van der Waals surface area contributed by atoms with Gasteiger partial charge in [0.15, 0.2) is 0 Å². The molecule has 0 saturated carbocycles. The van der Waals surface area contributed by atoms with Crippen LogP contribution in [0.25, 0.3) is 5.69 Å². The number of aromatic nitrogens is 2. The van der Waals surface area contributed by atoms with Crippen LogP contribution in [0.15, 0.2) is 27.8 Å². The number of rotatable bonds is 2. The number of nitriles is 1. The van der Waals surface area contributed by atoms with Crippen molar-refractivity contribution in [2.24, 2.45) is 0 Å². The third kappa shape index (κ3) is 2.36. The molecule has 0 amide bonds. The van der Waals surface area contributed by atoms with Gasteiger partial charge in [0.2, 0.25) is 0 Å². The molecule has 0 radical (unpaired) electrons. The zero-order chi connectivity index (χ0) is 14.9. The summed E-state index contributed by atoms with van der Waals surface area (Å²) in [7, 11) is 0. The highest BCUT2D eigenvalue weighted by molar-refractivity contribution is 6.31. The van der Waals surface area contributed by atoms with Gasteiger partial charge in [0.1, 0.15) is 11.2 Å². The van der Waals surface area contributed by atoms with Crippen molar-refractivity contribution in [2.45, 2.75) is 13.3 Å². The molecule has 0 aliphatic heterocycles. The molecule has 0 saturated heterocycles. The van der Waals surface area contributed by atoms with E-state index in [4.69, 9.17) is 28.5 Å². The molecule has 0 fully saturated rings. The Hall–Kier alpha value is -2.03. The molecule has 0 aliphatic carbocycles. The fourth-order valence-corrected chi connectivity index (χ4v) is 2.32. The number of nitrogens with zero attached hydrogens (tertiary/aromatic N) is 2. The minimum absolute atomic E-state index is 0.0132. The topological polar surface area (TPSA) is 78.7 Å². The van der Waals surface area contributed by atoms with Gasteiger partial charge in [-0.15, -0.1) is 0 Å². The summed E-state index contributed by atoms with van der Waals surface area (Å²) in [4.78, 5) is 26.7. The molecule has 1 heterocycles. The monoisotopic (exact) mass is 309 g/mol. The van der Waals surface area contributed by atoms with E-state index in [1.54, 1.807) is 6.92 Å². The van der Waals surface area contributed by atoms with Crippen molar-refractivity contribution in [3.8, 4) is 11.8 Å². The van der Waals surface area contributed by atoms with Crippen molar-refractivity contribution in [3.05, 3.63) is 60.3 Å². The van der Waals surface area contributed by atoms with E-state index < -0.39 is 11.2 Å². The Morgan fingerprint density at radius 3 is 2.65 bits per heavy atom. The standard InChI is InChI=1S/C13H9Cl2N3O2/c1-2-9-11(15)17-13(20)18(12(9)19)10-5-8(14)4-3-7(10)6-16/h3-5H,2H2,1H3,(H,17,20). The third-order valence-electron chi connectivity index (χ3n) is 2.82. The van der Waals surface area contributed by atoms with Gasteiger partial charge in [-0.1, -0.05) is 30.1 Å². The van der Waals surface area contributed by atoms with E-state index in [0.29, 0.717) is 11.4 Å². The smallest absolute Gasteiger partial charge is 0.297 e. The maximum atomic E-state index is 12.3. The molecule has 1 aromatic carbocycles. The Morgan fingerprint density at radius 2 is 2.05 bits per heavy atom. The van der Waals surface area contributed by atoms with Crippen LogP contribution < -0.4 is 11.2 Å². The lowest BCUT2D eigenvalue weighted by molar-refractivity contribution is 0.840. The Morgan fingerprint density at radius 1 is 1.35 bits per heavy atom. The summed E-state index contributed by atoms with van der Waals surface area (Å²) in [6.45, 7) is 1.74. The predicted molar refractivity (Wildman–Crippen MR) is 76.8 cm³/mol. The SMILES string of the molecule is CCc1c(Cl)[nH]c(=O)n(-c2cc(Cl)ccc2C#N)c1=O. The summed E-state index contributed by atoms with van der Waals surface area (Å²) in [5.41, 5.74) is -0.685. The van der Waals surface area contributed by atoms with Gasteiger partial charge < -0.3 is 0 Å². The van der Waals surface area contributed by atoms with E-state index in [1.807, 2.05) is 6.07 Å². The number of benzene rings is 1. The molecular formula is C13H9Cl2N3O2. The van der Waals surface area contributed by atoms with Crippen LogP contribution in [0.2, 0.25) is 10.2 Å². The largest absolute Gasteiger partial charge is 0.334 e. The van der Waals surface area contributed by atoms with E-state index >= 15 is 0 Å². The zero-order valence-corrected chi connectivity index (χ0v) is 11.9. The normalized spacial score (nSPS) is 10.3. The van der Waals surface area contributed by atoms with Crippen molar-refractivity contribution in [2.75, 3.05) is 0 Å². The van der Waals surface area contributed by atoms with Gasteiger partial charge >= 0.3 is 5.69 Å². The van der Waals surface area contributed by atoms with Gasteiger partial charge in [-0.3, -0.25) is 9.78 Å². The second kappa shape index (κ2) is 5.53. The van der Waals surface area contributed by atoms with Crippen LogP contribution in [-0.2, 0) is 6.42 Å². The Kier molecular flexibility index (Phi) is 3.98. The molecule has 0 unspecified atom stereocenters. The van der Waals surface area contributed by atoms with Crippen LogP contribution >= 0.6 is 23.2 Å². The van der Waals surface area contributed by atoms with Gasteiger partial charge in [-0.25, -0.2) is 9.36 Å². The summed E-state index contributed by atoms with van der Waals surface area (Å²) < 4.78 is 0.870. The number of hydrogen-bond donors (Lipinski definition) is 1. The summed E-state index contributed by atoms with van der Waals surface area (Å²) in [6.07, 6.45) is 0.358. The molecule has 0 spiro atoms. The Balaban J connectivity index is 2.91.